The third kappa shape index (κ3) is 5.14. The highest BCUT2D eigenvalue weighted by molar-refractivity contribution is 7.11. The molecular weight excluding hydrogens is 484 g/mol. The summed E-state index contributed by atoms with van der Waals surface area (Å²) >= 11 is 1.47. The first kappa shape index (κ1) is 25.5. The molecule has 2 saturated carbocycles. The van der Waals surface area contributed by atoms with E-state index in [9.17, 15) is 9.59 Å². The summed E-state index contributed by atoms with van der Waals surface area (Å²) in [5, 5.41) is 0.768. The molecule has 1 aromatic heterocycles. The van der Waals surface area contributed by atoms with Gasteiger partial charge in [0.1, 0.15) is 10.8 Å². The van der Waals surface area contributed by atoms with Crippen LogP contribution in [-0.2, 0) is 26.9 Å². The van der Waals surface area contributed by atoms with Gasteiger partial charge in [0.25, 0.3) is 0 Å². The first-order chi connectivity index (χ1) is 17.9. The molecule has 0 bridgehead atoms. The minimum Gasteiger partial charge on any atom is -0.497 e. The molecule has 2 aliphatic rings. The third-order valence-electron chi connectivity index (χ3n) is 7.82. The Labute approximate surface area is 222 Å². The van der Waals surface area contributed by atoms with Crippen molar-refractivity contribution < 1.29 is 19.1 Å². The second kappa shape index (κ2) is 10.3. The number of methoxy groups -OCH3 is 1. The van der Waals surface area contributed by atoms with Crippen LogP contribution in [0, 0.1) is 6.92 Å². The van der Waals surface area contributed by atoms with Gasteiger partial charge in [0.15, 0.2) is 5.69 Å². The second-order valence-electron chi connectivity index (χ2n) is 10.2. The lowest BCUT2D eigenvalue weighted by atomic mass is 9.91. The van der Waals surface area contributed by atoms with Gasteiger partial charge in [-0.1, -0.05) is 42.5 Å². The van der Waals surface area contributed by atoms with E-state index in [1.165, 1.54) is 16.9 Å². The van der Waals surface area contributed by atoms with Gasteiger partial charge in [0, 0.05) is 11.4 Å². The molecule has 194 valence electrons. The number of aromatic nitrogens is 1. The average molecular weight is 519 g/mol. The van der Waals surface area contributed by atoms with Gasteiger partial charge >= 0.3 is 5.97 Å². The van der Waals surface area contributed by atoms with Crippen LogP contribution in [0.2, 0.25) is 0 Å². The molecule has 0 saturated heterocycles. The number of amides is 1. The largest absolute Gasteiger partial charge is 0.497 e. The number of carbonyl (C=O) groups excluding carboxylic acids is 2. The SMILES string of the molecule is CCOC(=O)c1nc(CN(CCC2(c3ccccc3)CC2)C(=O)C2(c3ccc(OC)cc3)CC2)sc1C. The first-order valence-electron chi connectivity index (χ1n) is 13.0. The Kier molecular flexibility index (Phi) is 7.08. The van der Waals surface area contributed by atoms with Crippen LogP contribution in [0.5, 0.6) is 5.75 Å². The molecule has 2 aliphatic carbocycles. The molecule has 0 atom stereocenters. The molecule has 1 heterocycles. The summed E-state index contributed by atoms with van der Waals surface area (Å²) in [5.74, 6) is 0.525. The van der Waals surface area contributed by atoms with Crippen LogP contribution < -0.4 is 4.74 Å². The topological polar surface area (TPSA) is 68.7 Å². The van der Waals surface area contributed by atoms with Gasteiger partial charge in [-0.3, -0.25) is 4.79 Å². The number of thiazole rings is 1. The molecule has 5 rings (SSSR count). The monoisotopic (exact) mass is 518 g/mol. The Bertz CT molecular complexity index is 1260. The Balaban J connectivity index is 1.40. The minimum absolute atomic E-state index is 0.144. The summed E-state index contributed by atoms with van der Waals surface area (Å²) in [5.41, 5.74) is 2.40. The van der Waals surface area contributed by atoms with Crippen molar-refractivity contribution in [2.24, 2.45) is 0 Å². The smallest absolute Gasteiger partial charge is 0.358 e. The quantitative estimate of drug-likeness (QED) is 0.299. The van der Waals surface area contributed by atoms with Crippen molar-refractivity contribution in [1.29, 1.82) is 0 Å². The molecule has 2 fully saturated rings. The average Bonchev–Trinajstić information content (AvgIpc) is 3.85. The predicted octanol–water partition coefficient (Wildman–Crippen LogP) is 5.82. The van der Waals surface area contributed by atoms with Crippen molar-refractivity contribution >= 4 is 23.2 Å². The number of aryl methyl sites for hydroxylation is 1. The Morgan fingerprint density at radius 3 is 2.30 bits per heavy atom. The fourth-order valence-corrected chi connectivity index (χ4v) is 6.20. The van der Waals surface area contributed by atoms with Crippen LogP contribution in [0.15, 0.2) is 54.6 Å². The van der Waals surface area contributed by atoms with Gasteiger partial charge in [0.2, 0.25) is 5.91 Å². The van der Waals surface area contributed by atoms with Crippen LogP contribution in [0.1, 0.15) is 70.5 Å². The highest BCUT2D eigenvalue weighted by Gasteiger charge is 2.53. The van der Waals surface area contributed by atoms with Crippen molar-refractivity contribution in [3.05, 3.63) is 81.3 Å². The van der Waals surface area contributed by atoms with Crippen molar-refractivity contribution in [2.75, 3.05) is 20.3 Å². The summed E-state index contributed by atoms with van der Waals surface area (Å²) in [6, 6.07) is 18.5. The van der Waals surface area contributed by atoms with Crippen molar-refractivity contribution in [3.8, 4) is 5.75 Å². The molecule has 3 aromatic rings. The number of carbonyl (C=O) groups is 2. The summed E-state index contributed by atoms with van der Waals surface area (Å²) < 4.78 is 10.5. The highest BCUT2D eigenvalue weighted by atomic mass is 32.1. The van der Waals surface area contributed by atoms with Crippen LogP contribution >= 0.6 is 11.3 Å². The number of ether oxygens (including phenoxy) is 2. The van der Waals surface area contributed by atoms with E-state index in [4.69, 9.17) is 9.47 Å². The van der Waals surface area contributed by atoms with Crippen LogP contribution in [0.4, 0.5) is 0 Å². The van der Waals surface area contributed by atoms with Crippen molar-refractivity contribution in [3.63, 3.8) is 0 Å². The zero-order valence-electron chi connectivity index (χ0n) is 21.8. The maximum atomic E-state index is 14.2. The molecule has 1 amide bonds. The maximum Gasteiger partial charge on any atom is 0.358 e. The van der Waals surface area contributed by atoms with E-state index in [2.05, 4.69) is 29.2 Å². The molecule has 6 nitrogen and oxygen atoms in total. The van der Waals surface area contributed by atoms with Crippen LogP contribution in [-0.4, -0.2) is 42.0 Å². The van der Waals surface area contributed by atoms with E-state index in [0.717, 1.165) is 53.3 Å². The minimum atomic E-state index is -0.494. The van der Waals surface area contributed by atoms with E-state index in [0.29, 0.717) is 25.4 Å². The molecule has 0 N–H and O–H groups in total. The number of nitrogens with zero attached hydrogens (tertiary/aromatic N) is 2. The van der Waals surface area contributed by atoms with Gasteiger partial charge in [-0.05, 0) is 74.6 Å². The third-order valence-corrected chi connectivity index (χ3v) is 8.78. The maximum absolute atomic E-state index is 14.2. The second-order valence-corrected chi connectivity index (χ2v) is 11.5. The first-order valence-corrected chi connectivity index (χ1v) is 13.9. The number of hydrogen-bond donors (Lipinski definition) is 0. The highest BCUT2D eigenvalue weighted by Crippen LogP contribution is 2.53. The van der Waals surface area contributed by atoms with Crippen LogP contribution in [0.25, 0.3) is 0 Å². The number of hydrogen-bond acceptors (Lipinski definition) is 6. The molecule has 7 heteroatoms. The van der Waals surface area contributed by atoms with Crippen molar-refractivity contribution in [2.45, 2.75) is 63.3 Å². The summed E-state index contributed by atoms with van der Waals surface area (Å²) in [4.78, 5) is 33.9. The van der Waals surface area contributed by atoms with E-state index in [1.54, 1.807) is 14.0 Å². The Morgan fingerprint density at radius 2 is 1.70 bits per heavy atom. The van der Waals surface area contributed by atoms with Crippen molar-refractivity contribution in [1.82, 2.24) is 9.88 Å². The molecule has 37 heavy (non-hydrogen) atoms. The summed E-state index contributed by atoms with van der Waals surface area (Å²) in [6.45, 7) is 5.02. The number of esters is 1. The van der Waals surface area contributed by atoms with E-state index >= 15 is 0 Å². The molecule has 0 radical (unpaired) electrons. The fraction of sp³-hybridized carbons (Fsp3) is 0.433. The van der Waals surface area contributed by atoms with Gasteiger partial charge in [-0.15, -0.1) is 11.3 Å². The van der Waals surface area contributed by atoms with E-state index < -0.39 is 11.4 Å². The predicted molar refractivity (Wildman–Crippen MR) is 144 cm³/mol. The number of rotatable bonds is 11. The Morgan fingerprint density at radius 1 is 1.00 bits per heavy atom. The molecule has 2 aromatic carbocycles. The van der Waals surface area contributed by atoms with E-state index in [-0.39, 0.29) is 11.3 Å². The zero-order valence-corrected chi connectivity index (χ0v) is 22.6. The molecule has 0 spiro atoms. The lowest BCUT2D eigenvalue weighted by Crippen LogP contribution is -2.40. The van der Waals surface area contributed by atoms with Gasteiger partial charge < -0.3 is 14.4 Å². The molecular formula is C30H34N2O4S. The van der Waals surface area contributed by atoms with Gasteiger partial charge in [-0.2, -0.15) is 0 Å². The van der Waals surface area contributed by atoms with Gasteiger partial charge in [-0.25, -0.2) is 9.78 Å². The summed E-state index contributed by atoms with van der Waals surface area (Å²) in [7, 11) is 1.65. The van der Waals surface area contributed by atoms with Gasteiger partial charge in [0.05, 0.1) is 25.7 Å². The molecule has 0 aliphatic heterocycles. The van der Waals surface area contributed by atoms with Crippen LogP contribution in [0.3, 0.4) is 0 Å². The lowest BCUT2D eigenvalue weighted by Gasteiger charge is -2.29. The fourth-order valence-electron chi connectivity index (χ4n) is 5.26. The normalized spacial score (nSPS) is 16.6. The molecule has 0 unspecified atom stereocenters. The summed E-state index contributed by atoms with van der Waals surface area (Å²) in [6.07, 6.45) is 4.88. The number of benzene rings is 2. The standard InChI is InChI=1S/C30H34N2O4S/c1-4-36-27(33)26-21(2)37-25(31-26)20-32(19-18-29(14-15-29)22-8-6-5-7-9-22)28(34)30(16-17-30)23-10-12-24(35-3)13-11-23/h5-13H,4,14-20H2,1-3H3. The lowest BCUT2D eigenvalue weighted by molar-refractivity contribution is -0.134. The Hall–Kier alpha value is -3.19. The van der Waals surface area contributed by atoms with E-state index in [1.807, 2.05) is 42.2 Å². The zero-order chi connectivity index (χ0) is 26.0.